The van der Waals surface area contributed by atoms with Crippen LogP contribution in [0.4, 0.5) is 0 Å². The van der Waals surface area contributed by atoms with Crippen LogP contribution in [0.25, 0.3) is 0 Å². The van der Waals surface area contributed by atoms with Gasteiger partial charge in [0.25, 0.3) is 5.91 Å². The van der Waals surface area contributed by atoms with E-state index in [1.54, 1.807) is 12.0 Å². The fraction of sp³-hybridized carbons (Fsp3) is 0.632. The third-order valence-electron chi connectivity index (χ3n) is 4.66. The van der Waals surface area contributed by atoms with Crippen LogP contribution < -0.4 is 0 Å². The van der Waals surface area contributed by atoms with Crippen molar-refractivity contribution in [3.63, 3.8) is 0 Å². The van der Waals surface area contributed by atoms with E-state index in [0.717, 1.165) is 0 Å². The monoisotopic (exact) mass is 367 g/mol. The van der Waals surface area contributed by atoms with Crippen molar-refractivity contribution in [2.24, 2.45) is 0 Å². The van der Waals surface area contributed by atoms with Crippen LogP contribution in [0, 0.1) is 0 Å². The average Bonchev–Trinajstić information content (AvgIpc) is 2.90. The third-order valence-corrected chi connectivity index (χ3v) is 6.41. The van der Waals surface area contributed by atoms with Gasteiger partial charge in [-0.25, -0.2) is 8.42 Å². The van der Waals surface area contributed by atoms with E-state index in [1.807, 2.05) is 24.3 Å². The molecule has 0 N–H and O–H groups in total. The number of rotatable bonds is 6. The van der Waals surface area contributed by atoms with E-state index >= 15 is 0 Å². The molecule has 0 radical (unpaired) electrons. The first-order chi connectivity index (χ1) is 11.6. The molecule has 25 heavy (non-hydrogen) atoms. The Hall–Kier alpha value is -1.40. The van der Waals surface area contributed by atoms with E-state index in [2.05, 4.69) is 20.8 Å². The summed E-state index contributed by atoms with van der Waals surface area (Å²) in [5, 5.41) is 0. The Morgan fingerprint density at radius 3 is 2.36 bits per heavy atom. The molecule has 1 aromatic carbocycles. The summed E-state index contributed by atoms with van der Waals surface area (Å²) in [4.78, 5) is 14.7. The molecule has 1 atom stereocenters. The lowest BCUT2D eigenvalue weighted by atomic mass is 9.86. The van der Waals surface area contributed by atoms with Crippen LogP contribution in [0.3, 0.4) is 0 Å². The van der Waals surface area contributed by atoms with Crippen LogP contribution in [0.2, 0.25) is 0 Å². The summed E-state index contributed by atoms with van der Waals surface area (Å²) < 4.78 is 28.7. The van der Waals surface area contributed by atoms with Gasteiger partial charge >= 0.3 is 0 Å². The topological polar surface area (TPSA) is 63.7 Å². The van der Waals surface area contributed by atoms with Crippen molar-refractivity contribution in [1.29, 1.82) is 0 Å². The number of hydrogen-bond donors (Lipinski definition) is 0. The highest BCUT2D eigenvalue weighted by Crippen LogP contribution is 2.24. The van der Waals surface area contributed by atoms with E-state index in [9.17, 15) is 13.2 Å². The van der Waals surface area contributed by atoms with Gasteiger partial charge in [0.2, 0.25) is 0 Å². The maximum absolute atomic E-state index is 13.0. The molecule has 0 saturated carbocycles. The van der Waals surface area contributed by atoms with Gasteiger partial charge in [0.1, 0.15) is 0 Å². The second-order valence-electron chi connectivity index (χ2n) is 7.73. The number of ether oxygens (including phenoxy) is 1. The molecule has 6 heteroatoms. The Labute approximate surface area is 151 Å². The molecule has 1 amide bonds. The van der Waals surface area contributed by atoms with Gasteiger partial charge in [-0.05, 0) is 36.0 Å². The summed E-state index contributed by atoms with van der Waals surface area (Å²) in [5.41, 5.74) is 1.80. The fourth-order valence-corrected chi connectivity index (χ4v) is 4.86. The molecule has 1 fully saturated rings. The van der Waals surface area contributed by atoms with E-state index in [0.29, 0.717) is 31.6 Å². The van der Waals surface area contributed by atoms with E-state index in [-0.39, 0.29) is 28.9 Å². The molecule has 1 aromatic rings. The largest absolute Gasteiger partial charge is 0.385 e. The standard InChI is InChI=1S/C19H29NO4S/c1-19(2,3)16-8-6-15(7-9-16)18(21)20(11-5-12-24-4)17-10-13-25(22,23)14-17/h6-9,17H,5,10-14H2,1-4H3. The Bertz CT molecular complexity index is 689. The maximum atomic E-state index is 13.0. The first-order valence-electron chi connectivity index (χ1n) is 8.75. The smallest absolute Gasteiger partial charge is 0.254 e. The second-order valence-corrected chi connectivity index (χ2v) is 9.96. The zero-order chi connectivity index (χ0) is 18.7. The summed E-state index contributed by atoms with van der Waals surface area (Å²) in [6, 6.07) is 7.40. The second kappa shape index (κ2) is 7.87. The van der Waals surface area contributed by atoms with Crippen LogP contribution in [0.15, 0.2) is 24.3 Å². The van der Waals surface area contributed by atoms with Gasteiger partial charge in [0, 0.05) is 31.9 Å². The van der Waals surface area contributed by atoms with Crippen LogP contribution in [-0.2, 0) is 20.0 Å². The molecule has 140 valence electrons. The summed E-state index contributed by atoms with van der Waals surface area (Å²) in [7, 11) is -1.42. The minimum atomic E-state index is -3.04. The van der Waals surface area contributed by atoms with Crippen molar-refractivity contribution < 1.29 is 17.9 Å². The van der Waals surface area contributed by atoms with Crippen molar-refractivity contribution in [2.45, 2.75) is 45.1 Å². The van der Waals surface area contributed by atoms with Gasteiger partial charge < -0.3 is 9.64 Å². The van der Waals surface area contributed by atoms with Crippen molar-refractivity contribution in [3.8, 4) is 0 Å². The van der Waals surface area contributed by atoms with Gasteiger partial charge in [0.15, 0.2) is 9.84 Å². The van der Waals surface area contributed by atoms with Gasteiger partial charge in [-0.2, -0.15) is 0 Å². The summed E-state index contributed by atoms with van der Waals surface area (Å²) in [6.45, 7) is 7.44. The predicted octanol–water partition coefficient (Wildman–Crippen LogP) is 2.65. The molecule has 1 saturated heterocycles. The average molecular weight is 368 g/mol. The number of sulfone groups is 1. The van der Waals surface area contributed by atoms with Gasteiger partial charge in [0.05, 0.1) is 11.5 Å². The summed E-state index contributed by atoms with van der Waals surface area (Å²) in [5.74, 6) is 0.124. The first-order valence-corrected chi connectivity index (χ1v) is 10.6. The SMILES string of the molecule is COCCCN(C(=O)c1ccc(C(C)(C)C)cc1)C1CCS(=O)(=O)C1. The Morgan fingerprint density at radius 1 is 1.24 bits per heavy atom. The van der Waals surface area contributed by atoms with Crippen molar-refractivity contribution >= 4 is 15.7 Å². The van der Waals surface area contributed by atoms with Crippen molar-refractivity contribution in [2.75, 3.05) is 31.8 Å². The Balaban J connectivity index is 2.19. The van der Waals surface area contributed by atoms with E-state index in [1.165, 1.54) is 5.56 Å². The molecular formula is C19H29NO4S. The molecule has 0 bridgehead atoms. The van der Waals surface area contributed by atoms with Crippen LogP contribution >= 0.6 is 0 Å². The number of carbonyl (C=O) groups is 1. The molecule has 0 spiro atoms. The van der Waals surface area contributed by atoms with Gasteiger partial charge in [-0.15, -0.1) is 0 Å². The molecule has 1 aliphatic rings. The lowest BCUT2D eigenvalue weighted by Gasteiger charge is -2.28. The van der Waals surface area contributed by atoms with Crippen LogP contribution in [0.5, 0.6) is 0 Å². The number of hydrogen-bond acceptors (Lipinski definition) is 4. The number of methoxy groups -OCH3 is 1. The predicted molar refractivity (Wildman–Crippen MR) is 99.7 cm³/mol. The summed E-state index contributed by atoms with van der Waals surface area (Å²) in [6.07, 6.45) is 1.21. The highest BCUT2D eigenvalue weighted by molar-refractivity contribution is 7.91. The number of carbonyl (C=O) groups excluding carboxylic acids is 1. The quantitative estimate of drug-likeness (QED) is 0.725. The first kappa shape index (κ1) is 19.9. The Morgan fingerprint density at radius 2 is 1.88 bits per heavy atom. The van der Waals surface area contributed by atoms with Gasteiger partial charge in [-0.1, -0.05) is 32.9 Å². The van der Waals surface area contributed by atoms with E-state index < -0.39 is 9.84 Å². The van der Waals surface area contributed by atoms with Gasteiger partial charge in [-0.3, -0.25) is 4.79 Å². The minimum Gasteiger partial charge on any atom is -0.385 e. The highest BCUT2D eigenvalue weighted by atomic mass is 32.2. The lowest BCUT2D eigenvalue weighted by molar-refractivity contribution is 0.0674. The molecule has 0 aliphatic carbocycles. The molecule has 5 nitrogen and oxygen atoms in total. The third kappa shape index (κ3) is 5.28. The number of benzene rings is 1. The number of amides is 1. The van der Waals surface area contributed by atoms with Crippen molar-refractivity contribution in [3.05, 3.63) is 35.4 Å². The molecule has 1 heterocycles. The zero-order valence-corrected chi connectivity index (χ0v) is 16.4. The van der Waals surface area contributed by atoms with E-state index in [4.69, 9.17) is 4.74 Å². The summed E-state index contributed by atoms with van der Waals surface area (Å²) >= 11 is 0. The van der Waals surface area contributed by atoms with Crippen molar-refractivity contribution in [1.82, 2.24) is 4.90 Å². The molecular weight excluding hydrogens is 338 g/mol. The van der Waals surface area contributed by atoms with Crippen LogP contribution in [0.1, 0.15) is 49.5 Å². The fourth-order valence-electron chi connectivity index (χ4n) is 3.13. The van der Waals surface area contributed by atoms with Crippen LogP contribution in [-0.4, -0.2) is 57.0 Å². The molecule has 0 aromatic heterocycles. The zero-order valence-electron chi connectivity index (χ0n) is 15.6. The Kier molecular flexibility index (Phi) is 6.27. The number of nitrogens with zero attached hydrogens (tertiary/aromatic N) is 1. The lowest BCUT2D eigenvalue weighted by Crippen LogP contribution is -2.42. The normalized spacial score (nSPS) is 19.8. The molecule has 1 aliphatic heterocycles. The highest BCUT2D eigenvalue weighted by Gasteiger charge is 2.34. The molecule has 1 unspecified atom stereocenters. The maximum Gasteiger partial charge on any atom is 0.254 e. The minimum absolute atomic E-state index is 0.0270. The molecule has 2 rings (SSSR count).